The SMILES string of the molecule is O=C(O)CCOCCOCCOCCOCCOCCOCCCCCCI. The van der Waals surface area contributed by atoms with Crippen LogP contribution in [0.2, 0.25) is 0 Å². The van der Waals surface area contributed by atoms with Gasteiger partial charge in [0.15, 0.2) is 0 Å². The first kappa shape index (κ1) is 28.0. The highest BCUT2D eigenvalue weighted by Gasteiger charge is 1.97. The molecule has 0 radical (unpaired) electrons. The van der Waals surface area contributed by atoms with Gasteiger partial charge in [-0.2, -0.15) is 0 Å². The number of hydrogen-bond donors (Lipinski definition) is 1. The summed E-state index contributed by atoms with van der Waals surface area (Å²) >= 11 is 2.41. The van der Waals surface area contributed by atoms with E-state index >= 15 is 0 Å². The van der Waals surface area contributed by atoms with E-state index in [4.69, 9.17) is 33.5 Å². The molecule has 0 aliphatic carbocycles. The van der Waals surface area contributed by atoms with Crippen molar-refractivity contribution in [2.24, 2.45) is 0 Å². The maximum atomic E-state index is 10.3. The third kappa shape index (κ3) is 26.0. The lowest BCUT2D eigenvalue weighted by Gasteiger charge is -2.08. The van der Waals surface area contributed by atoms with E-state index in [0.29, 0.717) is 66.1 Å². The Morgan fingerprint density at radius 3 is 1.29 bits per heavy atom. The van der Waals surface area contributed by atoms with Crippen LogP contribution in [0.5, 0.6) is 0 Å². The van der Waals surface area contributed by atoms with Gasteiger partial charge < -0.3 is 33.5 Å². The first-order valence-electron chi connectivity index (χ1n) is 10.0. The monoisotopic (exact) mass is 520 g/mol. The zero-order valence-electron chi connectivity index (χ0n) is 16.9. The van der Waals surface area contributed by atoms with Crippen molar-refractivity contribution in [3.63, 3.8) is 0 Å². The summed E-state index contributed by atoms with van der Waals surface area (Å²) in [5.41, 5.74) is 0. The van der Waals surface area contributed by atoms with Gasteiger partial charge >= 0.3 is 5.97 Å². The minimum atomic E-state index is -0.861. The van der Waals surface area contributed by atoms with Crippen LogP contribution in [-0.2, 0) is 33.2 Å². The van der Waals surface area contributed by atoms with Crippen LogP contribution in [0.1, 0.15) is 32.1 Å². The van der Waals surface area contributed by atoms with Crippen molar-refractivity contribution in [1.82, 2.24) is 0 Å². The number of halogens is 1. The Bertz CT molecular complexity index is 320. The van der Waals surface area contributed by atoms with Crippen LogP contribution in [0.3, 0.4) is 0 Å². The molecule has 1 N–H and O–H groups in total. The highest BCUT2D eigenvalue weighted by Crippen LogP contribution is 2.02. The van der Waals surface area contributed by atoms with Gasteiger partial charge in [-0.15, -0.1) is 0 Å². The predicted octanol–water partition coefficient (Wildman–Crippen LogP) is 2.56. The van der Waals surface area contributed by atoms with E-state index in [1.54, 1.807) is 0 Å². The molecule has 0 aliphatic heterocycles. The summed E-state index contributed by atoms with van der Waals surface area (Å²) in [6, 6.07) is 0. The van der Waals surface area contributed by atoms with E-state index in [2.05, 4.69) is 22.6 Å². The number of ether oxygens (including phenoxy) is 6. The molecule has 28 heavy (non-hydrogen) atoms. The molecule has 0 rings (SSSR count). The zero-order valence-corrected chi connectivity index (χ0v) is 19.1. The zero-order chi connectivity index (χ0) is 20.5. The van der Waals surface area contributed by atoms with E-state index in [0.717, 1.165) is 13.0 Å². The van der Waals surface area contributed by atoms with E-state index in [1.165, 1.54) is 23.7 Å². The molecule has 0 aliphatic rings. The lowest BCUT2D eigenvalue weighted by Crippen LogP contribution is -2.14. The Morgan fingerprint density at radius 2 is 0.893 bits per heavy atom. The fourth-order valence-corrected chi connectivity index (χ4v) is 2.55. The van der Waals surface area contributed by atoms with Gasteiger partial charge in [0.05, 0.1) is 79.1 Å². The molecular formula is C19H37IO8. The maximum absolute atomic E-state index is 10.3. The number of alkyl halides is 1. The lowest BCUT2D eigenvalue weighted by molar-refractivity contribution is -0.138. The second kappa shape index (κ2) is 25.0. The van der Waals surface area contributed by atoms with Crippen LogP contribution in [0.15, 0.2) is 0 Å². The molecule has 0 fully saturated rings. The van der Waals surface area contributed by atoms with Crippen molar-refractivity contribution in [3.05, 3.63) is 0 Å². The van der Waals surface area contributed by atoms with Crippen molar-refractivity contribution in [2.45, 2.75) is 32.1 Å². The van der Waals surface area contributed by atoms with Gasteiger partial charge in [-0.3, -0.25) is 4.79 Å². The molecule has 0 saturated carbocycles. The van der Waals surface area contributed by atoms with Crippen molar-refractivity contribution >= 4 is 28.6 Å². The minimum absolute atomic E-state index is 0.0148. The van der Waals surface area contributed by atoms with Crippen LogP contribution >= 0.6 is 22.6 Å². The Kier molecular flexibility index (Phi) is 25.0. The molecule has 9 heteroatoms. The van der Waals surface area contributed by atoms with Crippen LogP contribution in [0.25, 0.3) is 0 Å². The Labute approximate surface area is 182 Å². The molecule has 0 aromatic rings. The molecule has 0 spiro atoms. The minimum Gasteiger partial charge on any atom is -0.481 e. The van der Waals surface area contributed by atoms with Gasteiger partial charge in [-0.1, -0.05) is 35.4 Å². The van der Waals surface area contributed by atoms with E-state index in [-0.39, 0.29) is 13.0 Å². The number of aliphatic carboxylic acids is 1. The molecule has 0 bridgehead atoms. The number of rotatable bonds is 24. The van der Waals surface area contributed by atoms with E-state index in [1.807, 2.05) is 0 Å². The third-order valence-electron chi connectivity index (χ3n) is 3.49. The van der Waals surface area contributed by atoms with Crippen LogP contribution in [-0.4, -0.2) is 94.8 Å². The molecule has 0 saturated heterocycles. The molecular weight excluding hydrogens is 483 g/mol. The molecule has 0 heterocycles. The normalized spacial score (nSPS) is 11.2. The summed E-state index contributed by atoms with van der Waals surface area (Å²) in [4.78, 5) is 10.3. The van der Waals surface area contributed by atoms with Crippen molar-refractivity contribution < 1.29 is 38.3 Å². The fourth-order valence-electron chi connectivity index (χ4n) is 2.01. The quantitative estimate of drug-likeness (QED) is 0.118. The van der Waals surface area contributed by atoms with Gasteiger partial charge in [-0.25, -0.2) is 0 Å². The highest BCUT2D eigenvalue weighted by molar-refractivity contribution is 14.1. The second-order valence-electron chi connectivity index (χ2n) is 5.92. The molecule has 0 aromatic heterocycles. The topological polar surface area (TPSA) is 92.7 Å². The average molecular weight is 520 g/mol. The van der Waals surface area contributed by atoms with E-state index < -0.39 is 5.97 Å². The molecule has 168 valence electrons. The summed E-state index contributed by atoms with van der Waals surface area (Å²) in [5, 5.41) is 8.44. The summed E-state index contributed by atoms with van der Waals surface area (Å²) in [7, 11) is 0. The molecule has 0 atom stereocenters. The van der Waals surface area contributed by atoms with Gasteiger partial charge in [0, 0.05) is 6.61 Å². The first-order chi connectivity index (χ1) is 13.8. The first-order valence-corrected chi connectivity index (χ1v) is 11.5. The van der Waals surface area contributed by atoms with Crippen molar-refractivity contribution in [2.75, 3.05) is 83.7 Å². The van der Waals surface area contributed by atoms with E-state index in [9.17, 15) is 4.79 Å². The van der Waals surface area contributed by atoms with Crippen LogP contribution < -0.4 is 0 Å². The number of carboxylic acids is 1. The van der Waals surface area contributed by atoms with Gasteiger partial charge in [0.25, 0.3) is 0 Å². The third-order valence-corrected chi connectivity index (χ3v) is 4.26. The van der Waals surface area contributed by atoms with Crippen molar-refractivity contribution in [1.29, 1.82) is 0 Å². The lowest BCUT2D eigenvalue weighted by atomic mass is 10.2. The predicted molar refractivity (Wildman–Crippen MR) is 115 cm³/mol. The molecule has 0 unspecified atom stereocenters. The maximum Gasteiger partial charge on any atom is 0.305 e. The Morgan fingerprint density at radius 1 is 0.536 bits per heavy atom. The van der Waals surface area contributed by atoms with Gasteiger partial charge in [0.2, 0.25) is 0 Å². The number of unbranched alkanes of at least 4 members (excludes halogenated alkanes) is 3. The smallest absolute Gasteiger partial charge is 0.305 e. The summed E-state index contributed by atoms with van der Waals surface area (Å²) < 4.78 is 33.4. The summed E-state index contributed by atoms with van der Waals surface area (Å²) in [6.45, 7) is 6.20. The van der Waals surface area contributed by atoms with Gasteiger partial charge in [0.1, 0.15) is 0 Å². The van der Waals surface area contributed by atoms with Gasteiger partial charge in [-0.05, 0) is 17.3 Å². The Balaban J connectivity index is 2.99. The highest BCUT2D eigenvalue weighted by atomic mass is 127. The van der Waals surface area contributed by atoms with Crippen LogP contribution in [0, 0.1) is 0 Å². The number of hydrogen-bond acceptors (Lipinski definition) is 7. The summed E-state index contributed by atoms with van der Waals surface area (Å²) in [5.74, 6) is -0.861. The molecule has 0 aromatic carbocycles. The fraction of sp³-hybridized carbons (Fsp3) is 0.947. The van der Waals surface area contributed by atoms with Crippen molar-refractivity contribution in [3.8, 4) is 0 Å². The Hall–Kier alpha value is -0.0400. The molecule has 0 amide bonds. The molecule has 8 nitrogen and oxygen atoms in total. The van der Waals surface area contributed by atoms with Crippen LogP contribution in [0.4, 0.5) is 0 Å². The second-order valence-corrected chi connectivity index (χ2v) is 7.00. The number of carbonyl (C=O) groups is 1. The summed E-state index contributed by atoms with van der Waals surface area (Å²) in [6.07, 6.45) is 4.98. The standard InChI is InChI=1S/C19H37IO8/c20-6-3-1-2-4-7-23-9-11-25-13-15-27-17-18-28-16-14-26-12-10-24-8-5-19(21)22/h1-18H2,(H,21,22). The average Bonchev–Trinajstić information content (AvgIpc) is 2.68. The largest absolute Gasteiger partial charge is 0.481 e. The number of carboxylic acid groups (broad SMARTS) is 1.